The van der Waals surface area contributed by atoms with Crippen LogP contribution in [0.4, 0.5) is 0 Å². The molecule has 130 valence electrons. The lowest BCUT2D eigenvalue weighted by Gasteiger charge is -2.15. The van der Waals surface area contributed by atoms with Crippen LogP contribution in [0.15, 0.2) is 24.3 Å². The van der Waals surface area contributed by atoms with E-state index in [1.54, 1.807) is 0 Å². The van der Waals surface area contributed by atoms with Crippen molar-refractivity contribution in [2.45, 2.75) is 33.6 Å². The van der Waals surface area contributed by atoms with E-state index in [-0.39, 0.29) is 0 Å². The van der Waals surface area contributed by atoms with Gasteiger partial charge in [0.25, 0.3) is 0 Å². The molecule has 2 aromatic carbocycles. The number of rotatable bonds is 7. The summed E-state index contributed by atoms with van der Waals surface area (Å²) in [6, 6.07) is 8.21. The van der Waals surface area contributed by atoms with Gasteiger partial charge in [-0.2, -0.15) is 0 Å². The van der Waals surface area contributed by atoms with E-state index in [0.717, 1.165) is 42.1 Å². The molecule has 0 amide bonds. The summed E-state index contributed by atoms with van der Waals surface area (Å²) in [4.78, 5) is 0. The molecule has 0 bridgehead atoms. The number of hydrogen-bond acceptors (Lipinski definition) is 2. The number of hydrogen-bond donors (Lipinski definition) is 0. The molecule has 0 aliphatic carbocycles. The highest BCUT2D eigenvalue weighted by Crippen LogP contribution is 2.30. The first-order chi connectivity index (χ1) is 11.4. The van der Waals surface area contributed by atoms with Crippen LogP contribution in [0.3, 0.4) is 0 Å². The van der Waals surface area contributed by atoms with E-state index in [2.05, 4.69) is 78.1 Å². The summed E-state index contributed by atoms with van der Waals surface area (Å²) in [7, 11) is 0. The summed E-state index contributed by atoms with van der Waals surface area (Å²) in [6.07, 6.45) is 1.74. The Kier molecular flexibility index (Phi) is 7.94. The molecule has 0 aliphatic rings. The van der Waals surface area contributed by atoms with Gasteiger partial charge in [-0.05, 0) is 100 Å². The monoisotopic (exact) mass is 570 g/mol. The zero-order chi connectivity index (χ0) is 17.7. The van der Waals surface area contributed by atoms with Gasteiger partial charge in [0, 0.05) is 11.4 Å². The van der Waals surface area contributed by atoms with Crippen LogP contribution in [0.1, 0.15) is 30.0 Å². The normalized spacial score (nSPS) is 10.8. The minimum atomic E-state index is 0.631. The van der Waals surface area contributed by atoms with Crippen LogP contribution in [-0.4, -0.2) is 13.2 Å². The lowest BCUT2D eigenvalue weighted by atomic mass is 10.1. The van der Waals surface area contributed by atoms with Crippen molar-refractivity contribution < 1.29 is 9.47 Å². The van der Waals surface area contributed by atoms with Crippen molar-refractivity contribution in [2.24, 2.45) is 0 Å². The van der Waals surface area contributed by atoms with Crippen molar-refractivity contribution in [3.63, 3.8) is 0 Å². The molecule has 24 heavy (non-hydrogen) atoms. The summed E-state index contributed by atoms with van der Waals surface area (Å²) >= 11 is 10.7. The van der Waals surface area contributed by atoms with Crippen molar-refractivity contribution in [2.75, 3.05) is 13.2 Å². The molecule has 0 radical (unpaired) electrons. The lowest BCUT2D eigenvalue weighted by Crippen LogP contribution is -2.08. The van der Waals surface area contributed by atoms with Gasteiger partial charge in [0.05, 0.1) is 20.4 Å². The summed E-state index contributed by atoms with van der Waals surface area (Å²) in [5.41, 5.74) is 3.59. The smallest absolute Gasteiger partial charge is 0.135 e. The van der Waals surface area contributed by atoms with E-state index in [4.69, 9.17) is 21.1 Å². The maximum absolute atomic E-state index is 6.11. The Balaban J connectivity index is 1.88. The van der Waals surface area contributed by atoms with Crippen LogP contribution in [0, 0.1) is 21.0 Å². The molecule has 0 aliphatic heterocycles. The molecule has 0 saturated carbocycles. The fraction of sp³-hybridized carbons (Fsp3) is 0.368. The topological polar surface area (TPSA) is 18.5 Å². The summed E-state index contributed by atoms with van der Waals surface area (Å²) < 4.78 is 14.2. The zero-order valence-corrected chi connectivity index (χ0v) is 19.2. The second-order valence-electron chi connectivity index (χ2n) is 5.67. The van der Waals surface area contributed by atoms with Crippen LogP contribution in [0.5, 0.6) is 11.5 Å². The molecular weight excluding hydrogens is 549 g/mol. The third-order valence-corrected chi connectivity index (χ3v) is 5.44. The van der Waals surface area contributed by atoms with Gasteiger partial charge in [0.1, 0.15) is 11.5 Å². The van der Waals surface area contributed by atoms with Crippen molar-refractivity contribution in [1.82, 2.24) is 0 Å². The van der Waals surface area contributed by atoms with Gasteiger partial charge in [0.2, 0.25) is 0 Å². The van der Waals surface area contributed by atoms with E-state index in [1.165, 1.54) is 11.1 Å². The number of halogens is 3. The molecule has 0 unspecified atom stereocenters. The highest BCUT2D eigenvalue weighted by molar-refractivity contribution is 14.1. The van der Waals surface area contributed by atoms with Crippen molar-refractivity contribution >= 4 is 56.8 Å². The predicted octanol–water partition coefficient (Wildman–Crippen LogP) is 6.58. The van der Waals surface area contributed by atoms with Crippen LogP contribution in [-0.2, 0) is 6.42 Å². The molecule has 0 saturated heterocycles. The largest absolute Gasteiger partial charge is 0.492 e. The van der Waals surface area contributed by atoms with Crippen LogP contribution in [0.25, 0.3) is 0 Å². The maximum atomic E-state index is 6.11. The zero-order valence-electron chi connectivity index (χ0n) is 14.1. The minimum absolute atomic E-state index is 0.631. The maximum Gasteiger partial charge on any atom is 0.135 e. The Bertz CT molecular complexity index is 694. The van der Waals surface area contributed by atoms with Gasteiger partial charge in [-0.3, -0.25) is 0 Å². The third-order valence-electron chi connectivity index (χ3n) is 3.62. The van der Waals surface area contributed by atoms with Crippen LogP contribution >= 0.6 is 56.8 Å². The van der Waals surface area contributed by atoms with E-state index >= 15 is 0 Å². The summed E-state index contributed by atoms with van der Waals surface area (Å²) in [5.74, 6) is 1.93. The lowest BCUT2D eigenvalue weighted by molar-refractivity contribution is 0.243. The standard InChI is InChI=1S/C19H21ClI2O2/c1-4-14-10-15(20)11-17(22)19(14)24-7-5-6-23-18-13(3)8-12(2)9-16(18)21/h8-11H,4-7H2,1-3H3. The van der Waals surface area contributed by atoms with Gasteiger partial charge in [0.15, 0.2) is 0 Å². The number of aryl methyl sites for hydroxylation is 3. The van der Waals surface area contributed by atoms with E-state index < -0.39 is 0 Å². The van der Waals surface area contributed by atoms with Crippen LogP contribution < -0.4 is 9.47 Å². The first kappa shape index (κ1) is 20.1. The van der Waals surface area contributed by atoms with Crippen molar-refractivity contribution in [1.29, 1.82) is 0 Å². The Labute approximate surface area is 176 Å². The van der Waals surface area contributed by atoms with Gasteiger partial charge < -0.3 is 9.47 Å². The van der Waals surface area contributed by atoms with Crippen molar-refractivity contribution in [3.05, 3.63) is 53.1 Å². The summed E-state index contributed by atoms with van der Waals surface area (Å²) in [6.45, 7) is 7.58. The quantitative estimate of drug-likeness (QED) is 0.277. The molecule has 0 aromatic heterocycles. The molecule has 2 aromatic rings. The minimum Gasteiger partial charge on any atom is -0.492 e. The second-order valence-corrected chi connectivity index (χ2v) is 8.43. The SMILES string of the molecule is CCc1cc(Cl)cc(I)c1OCCCOc1c(C)cc(C)cc1I. The molecule has 0 fully saturated rings. The van der Waals surface area contributed by atoms with Gasteiger partial charge in [-0.15, -0.1) is 0 Å². The molecule has 2 rings (SSSR count). The van der Waals surface area contributed by atoms with E-state index in [9.17, 15) is 0 Å². The first-order valence-electron chi connectivity index (χ1n) is 7.92. The Morgan fingerprint density at radius 1 is 0.917 bits per heavy atom. The predicted molar refractivity (Wildman–Crippen MR) is 118 cm³/mol. The summed E-state index contributed by atoms with van der Waals surface area (Å²) in [5, 5.41) is 0.761. The molecule has 2 nitrogen and oxygen atoms in total. The van der Waals surface area contributed by atoms with Crippen LogP contribution in [0.2, 0.25) is 5.02 Å². The average molecular weight is 571 g/mol. The number of benzene rings is 2. The molecule has 0 atom stereocenters. The second kappa shape index (κ2) is 9.48. The fourth-order valence-electron chi connectivity index (χ4n) is 2.53. The molecule has 0 spiro atoms. The van der Waals surface area contributed by atoms with Gasteiger partial charge in [-0.1, -0.05) is 24.6 Å². The molecule has 5 heteroatoms. The average Bonchev–Trinajstić information content (AvgIpc) is 2.50. The van der Waals surface area contributed by atoms with Crippen molar-refractivity contribution in [3.8, 4) is 11.5 Å². The number of ether oxygens (including phenoxy) is 2. The Hall–Kier alpha value is -0.210. The van der Waals surface area contributed by atoms with E-state index in [1.807, 2.05) is 12.1 Å². The highest BCUT2D eigenvalue weighted by Gasteiger charge is 2.10. The fourth-order valence-corrected chi connectivity index (χ4v) is 4.87. The molecule has 0 heterocycles. The third kappa shape index (κ3) is 5.39. The molecular formula is C19H21ClI2O2. The van der Waals surface area contributed by atoms with Gasteiger partial charge in [-0.25, -0.2) is 0 Å². The first-order valence-corrected chi connectivity index (χ1v) is 10.5. The Morgan fingerprint density at radius 3 is 2.17 bits per heavy atom. The van der Waals surface area contributed by atoms with Gasteiger partial charge >= 0.3 is 0 Å². The van der Waals surface area contributed by atoms with E-state index in [0.29, 0.717) is 13.2 Å². The Morgan fingerprint density at radius 2 is 1.54 bits per heavy atom. The highest BCUT2D eigenvalue weighted by atomic mass is 127. The molecule has 0 N–H and O–H groups in total.